The number of amides is 2. The van der Waals surface area contributed by atoms with Gasteiger partial charge in [0.15, 0.2) is 0 Å². The van der Waals surface area contributed by atoms with Gasteiger partial charge in [-0.15, -0.1) is 0 Å². The zero-order valence-electron chi connectivity index (χ0n) is 14.5. The molecule has 25 heavy (non-hydrogen) atoms. The molecule has 0 bridgehead atoms. The first-order valence-electron chi connectivity index (χ1n) is 8.70. The molecule has 132 valence electrons. The average molecular weight is 340 g/mol. The quantitative estimate of drug-likeness (QED) is 0.838. The van der Waals surface area contributed by atoms with Crippen molar-refractivity contribution in [3.63, 3.8) is 0 Å². The summed E-state index contributed by atoms with van der Waals surface area (Å²) in [5.41, 5.74) is 1.12. The third-order valence-electron chi connectivity index (χ3n) is 4.75. The fraction of sp³-hybridized carbons (Fsp3) is 0.421. The van der Waals surface area contributed by atoms with Crippen LogP contribution in [0, 0.1) is 5.92 Å². The van der Waals surface area contributed by atoms with E-state index in [4.69, 9.17) is 0 Å². The van der Waals surface area contributed by atoms with Gasteiger partial charge in [0.1, 0.15) is 0 Å². The Bertz CT molecular complexity index is 699. The zero-order chi connectivity index (χ0) is 17.6. The molecular formula is C19H24N4O2. The van der Waals surface area contributed by atoms with Gasteiger partial charge in [-0.3, -0.25) is 14.3 Å². The highest BCUT2D eigenvalue weighted by Gasteiger charge is 2.38. The molecule has 6 nitrogen and oxygen atoms in total. The summed E-state index contributed by atoms with van der Waals surface area (Å²) in [5, 5.41) is 7.12. The van der Waals surface area contributed by atoms with Gasteiger partial charge < -0.3 is 10.2 Å². The van der Waals surface area contributed by atoms with Crippen LogP contribution in [0.25, 0.3) is 0 Å². The van der Waals surface area contributed by atoms with Gasteiger partial charge in [0, 0.05) is 51.3 Å². The SMILES string of the molecule is CN1C(=O)C[C@@H](CNC(=O)CCCn2cccn2)[C@H]1c1ccccc1. The van der Waals surface area contributed by atoms with Gasteiger partial charge in [-0.05, 0) is 18.1 Å². The molecule has 0 radical (unpaired) electrons. The van der Waals surface area contributed by atoms with E-state index in [0.29, 0.717) is 19.4 Å². The molecule has 0 saturated carbocycles. The first-order valence-corrected chi connectivity index (χ1v) is 8.70. The fourth-order valence-corrected chi connectivity index (χ4v) is 3.45. The predicted octanol–water partition coefficient (Wildman–Crippen LogP) is 2.00. The molecule has 3 rings (SSSR count). The molecule has 1 aliphatic rings. The van der Waals surface area contributed by atoms with Crippen molar-refractivity contribution in [3.8, 4) is 0 Å². The number of nitrogens with zero attached hydrogens (tertiary/aromatic N) is 3. The molecule has 0 unspecified atom stereocenters. The summed E-state index contributed by atoms with van der Waals surface area (Å²) in [6.45, 7) is 1.26. The van der Waals surface area contributed by atoms with Crippen molar-refractivity contribution in [3.05, 3.63) is 54.4 Å². The maximum atomic E-state index is 12.1. The van der Waals surface area contributed by atoms with Crippen LogP contribution in [0.3, 0.4) is 0 Å². The van der Waals surface area contributed by atoms with E-state index in [1.807, 2.05) is 54.3 Å². The summed E-state index contributed by atoms with van der Waals surface area (Å²) in [6, 6.07) is 11.9. The van der Waals surface area contributed by atoms with Crippen molar-refractivity contribution in [2.75, 3.05) is 13.6 Å². The van der Waals surface area contributed by atoms with Crippen LogP contribution >= 0.6 is 0 Å². The number of benzene rings is 1. The monoisotopic (exact) mass is 340 g/mol. The number of likely N-dealkylation sites (tertiary alicyclic amines) is 1. The van der Waals surface area contributed by atoms with E-state index < -0.39 is 0 Å². The highest BCUT2D eigenvalue weighted by molar-refractivity contribution is 5.80. The Morgan fingerprint density at radius 3 is 2.80 bits per heavy atom. The Kier molecular flexibility index (Phi) is 5.48. The highest BCUT2D eigenvalue weighted by atomic mass is 16.2. The van der Waals surface area contributed by atoms with Crippen LogP contribution < -0.4 is 5.32 Å². The van der Waals surface area contributed by atoms with Gasteiger partial charge in [-0.25, -0.2) is 0 Å². The van der Waals surface area contributed by atoms with Crippen LogP contribution in [-0.2, 0) is 16.1 Å². The van der Waals surface area contributed by atoms with Crippen LogP contribution in [-0.4, -0.2) is 40.1 Å². The standard InChI is InChI=1S/C19H24N4O2/c1-22-18(25)13-16(19(22)15-7-3-2-4-8-15)14-20-17(24)9-5-11-23-12-6-10-21-23/h2-4,6-8,10,12,16,19H,5,9,11,13-14H2,1H3,(H,20,24)/t16-,19+/m0/s1. The molecule has 1 aromatic carbocycles. The Labute approximate surface area is 147 Å². The molecule has 1 fully saturated rings. The first-order chi connectivity index (χ1) is 12.1. The molecule has 1 saturated heterocycles. The molecule has 0 aliphatic carbocycles. The predicted molar refractivity (Wildman–Crippen MR) is 94.5 cm³/mol. The maximum absolute atomic E-state index is 12.1. The minimum Gasteiger partial charge on any atom is -0.356 e. The van der Waals surface area contributed by atoms with E-state index in [-0.39, 0.29) is 23.8 Å². The van der Waals surface area contributed by atoms with Crippen LogP contribution in [0.15, 0.2) is 48.8 Å². The smallest absolute Gasteiger partial charge is 0.223 e. The number of carbonyl (C=O) groups excluding carboxylic acids is 2. The second kappa shape index (κ2) is 7.96. The number of carbonyl (C=O) groups is 2. The number of aryl methyl sites for hydroxylation is 1. The van der Waals surface area contributed by atoms with Gasteiger partial charge in [0.25, 0.3) is 0 Å². The summed E-state index contributed by atoms with van der Waals surface area (Å²) < 4.78 is 1.82. The van der Waals surface area contributed by atoms with Crippen LogP contribution in [0.1, 0.15) is 30.9 Å². The molecule has 2 heterocycles. The molecule has 0 spiro atoms. The first kappa shape index (κ1) is 17.2. The lowest BCUT2D eigenvalue weighted by atomic mass is 9.93. The lowest BCUT2D eigenvalue weighted by Gasteiger charge is -2.25. The molecule has 1 aliphatic heterocycles. The summed E-state index contributed by atoms with van der Waals surface area (Å²) >= 11 is 0. The number of aromatic nitrogens is 2. The Morgan fingerprint density at radius 1 is 1.28 bits per heavy atom. The third kappa shape index (κ3) is 4.26. The second-order valence-corrected chi connectivity index (χ2v) is 6.50. The van der Waals surface area contributed by atoms with E-state index in [1.54, 1.807) is 11.1 Å². The molecule has 2 atom stereocenters. The van der Waals surface area contributed by atoms with E-state index in [0.717, 1.165) is 18.5 Å². The van der Waals surface area contributed by atoms with E-state index in [1.165, 1.54) is 0 Å². The summed E-state index contributed by atoms with van der Waals surface area (Å²) in [5.74, 6) is 0.266. The molecule has 2 amide bonds. The largest absolute Gasteiger partial charge is 0.356 e. The number of hydrogen-bond donors (Lipinski definition) is 1. The molecule has 6 heteroatoms. The maximum Gasteiger partial charge on any atom is 0.223 e. The average Bonchev–Trinajstić information content (AvgIpc) is 3.23. The molecule has 2 aromatic rings. The van der Waals surface area contributed by atoms with Crippen molar-refractivity contribution in [1.82, 2.24) is 20.0 Å². The number of rotatable bonds is 7. The number of hydrogen-bond acceptors (Lipinski definition) is 3. The van der Waals surface area contributed by atoms with E-state index in [9.17, 15) is 9.59 Å². The van der Waals surface area contributed by atoms with Gasteiger partial charge in [0.05, 0.1) is 6.04 Å². The van der Waals surface area contributed by atoms with Crippen molar-refractivity contribution >= 4 is 11.8 Å². The summed E-state index contributed by atoms with van der Waals surface area (Å²) in [6.07, 6.45) is 5.31. The zero-order valence-corrected chi connectivity index (χ0v) is 14.5. The summed E-state index contributed by atoms with van der Waals surface area (Å²) in [7, 11) is 1.84. The van der Waals surface area contributed by atoms with Crippen molar-refractivity contribution in [2.45, 2.75) is 31.8 Å². The lowest BCUT2D eigenvalue weighted by molar-refractivity contribution is -0.127. The van der Waals surface area contributed by atoms with Gasteiger partial charge >= 0.3 is 0 Å². The normalized spacial score (nSPS) is 20.0. The third-order valence-corrected chi connectivity index (χ3v) is 4.75. The highest BCUT2D eigenvalue weighted by Crippen LogP contribution is 2.36. The van der Waals surface area contributed by atoms with Crippen LogP contribution in [0.2, 0.25) is 0 Å². The number of nitrogens with one attached hydrogen (secondary N) is 1. The lowest BCUT2D eigenvalue weighted by Crippen LogP contribution is -2.32. The Hall–Kier alpha value is -2.63. The van der Waals surface area contributed by atoms with E-state index >= 15 is 0 Å². The molecule has 1 aromatic heterocycles. The Morgan fingerprint density at radius 2 is 2.08 bits per heavy atom. The topological polar surface area (TPSA) is 67.2 Å². The summed E-state index contributed by atoms with van der Waals surface area (Å²) in [4.78, 5) is 26.0. The van der Waals surface area contributed by atoms with Crippen LogP contribution in [0.4, 0.5) is 0 Å². The fourth-order valence-electron chi connectivity index (χ4n) is 3.45. The van der Waals surface area contributed by atoms with E-state index in [2.05, 4.69) is 10.4 Å². The van der Waals surface area contributed by atoms with Gasteiger partial charge in [0.2, 0.25) is 11.8 Å². The van der Waals surface area contributed by atoms with Crippen molar-refractivity contribution in [1.29, 1.82) is 0 Å². The van der Waals surface area contributed by atoms with Gasteiger partial charge in [-0.2, -0.15) is 5.10 Å². The molecular weight excluding hydrogens is 316 g/mol. The van der Waals surface area contributed by atoms with Crippen molar-refractivity contribution < 1.29 is 9.59 Å². The minimum absolute atomic E-state index is 0.0260. The molecule has 1 N–H and O–H groups in total. The second-order valence-electron chi connectivity index (χ2n) is 6.50. The van der Waals surface area contributed by atoms with Crippen LogP contribution in [0.5, 0.6) is 0 Å². The Balaban J connectivity index is 1.50. The minimum atomic E-state index is 0.0260. The van der Waals surface area contributed by atoms with Gasteiger partial charge in [-0.1, -0.05) is 30.3 Å². The van der Waals surface area contributed by atoms with Crippen molar-refractivity contribution in [2.24, 2.45) is 5.92 Å².